The molecule has 0 radical (unpaired) electrons. The van der Waals surface area contributed by atoms with Gasteiger partial charge in [0.25, 0.3) is 0 Å². The Labute approximate surface area is 103 Å². The molecule has 0 bridgehead atoms. The van der Waals surface area contributed by atoms with E-state index in [-0.39, 0.29) is 5.78 Å². The topological polar surface area (TPSA) is 35.5 Å². The molecule has 94 valence electrons. The molecule has 0 spiro atoms. The number of benzene rings is 1. The molecule has 1 aromatic carbocycles. The zero-order chi connectivity index (χ0) is 12.5. The lowest BCUT2D eigenvalue weighted by Gasteiger charge is -2.09. The minimum Gasteiger partial charge on any atom is -0.493 e. The average Bonchev–Trinajstić information content (AvgIpc) is 2.38. The molecule has 3 nitrogen and oxygen atoms in total. The van der Waals surface area contributed by atoms with Gasteiger partial charge < -0.3 is 9.47 Å². The molecule has 0 aliphatic heterocycles. The second-order valence-corrected chi connectivity index (χ2v) is 3.82. The van der Waals surface area contributed by atoms with Crippen molar-refractivity contribution in [3.63, 3.8) is 0 Å². The van der Waals surface area contributed by atoms with E-state index in [0.717, 1.165) is 19.4 Å². The molecule has 0 aliphatic carbocycles. The van der Waals surface area contributed by atoms with E-state index in [1.807, 2.05) is 31.2 Å². The number of carbonyl (C=O) groups is 1. The molecule has 0 heterocycles. The van der Waals surface area contributed by atoms with Gasteiger partial charge in [-0.3, -0.25) is 4.79 Å². The van der Waals surface area contributed by atoms with Crippen LogP contribution in [-0.2, 0) is 4.74 Å². The maximum atomic E-state index is 11.7. The van der Waals surface area contributed by atoms with Crippen LogP contribution < -0.4 is 4.74 Å². The van der Waals surface area contributed by atoms with Gasteiger partial charge in [0.05, 0.1) is 12.2 Å². The third-order valence-electron chi connectivity index (χ3n) is 2.51. The van der Waals surface area contributed by atoms with Gasteiger partial charge in [0, 0.05) is 20.1 Å². The SMILES string of the molecule is CCC(=O)c1ccccc1OCCCCOC. The maximum absolute atomic E-state index is 11.7. The van der Waals surface area contributed by atoms with Crippen molar-refractivity contribution < 1.29 is 14.3 Å². The first-order valence-electron chi connectivity index (χ1n) is 6.03. The van der Waals surface area contributed by atoms with Crippen molar-refractivity contribution in [3.05, 3.63) is 29.8 Å². The van der Waals surface area contributed by atoms with Crippen LogP contribution in [0.3, 0.4) is 0 Å². The van der Waals surface area contributed by atoms with Gasteiger partial charge in [-0.2, -0.15) is 0 Å². The van der Waals surface area contributed by atoms with Crippen LogP contribution in [-0.4, -0.2) is 26.1 Å². The second kappa shape index (κ2) is 7.85. The number of hydrogen-bond donors (Lipinski definition) is 0. The van der Waals surface area contributed by atoms with Gasteiger partial charge >= 0.3 is 0 Å². The smallest absolute Gasteiger partial charge is 0.166 e. The summed E-state index contributed by atoms with van der Waals surface area (Å²) in [5, 5.41) is 0. The number of para-hydroxylation sites is 1. The molecule has 0 aromatic heterocycles. The number of hydrogen-bond acceptors (Lipinski definition) is 3. The van der Waals surface area contributed by atoms with Crippen molar-refractivity contribution in [2.45, 2.75) is 26.2 Å². The van der Waals surface area contributed by atoms with Gasteiger partial charge in [0.2, 0.25) is 0 Å². The summed E-state index contributed by atoms with van der Waals surface area (Å²) in [6, 6.07) is 7.41. The molecule has 0 atom stereocenters. The molecule has 0 saturated carbocycles. The minimum atomic E-state index is 0.123. The normalized spacial score (nSPS) is 10.2. The Morgan fingerprint density at radius 3 is 2.59 bits per heavy atom. The highest BCUT2D eigenvalue weighted by Gasteiger charge is 2.09. The van der Waals surface area contributed by atoms with Crippen LogP contribution in [0.1, 0.15) is 36.5 Å². The third-order valence-corrected chi connectivity index (χ3v) is 2.51. The largest absolute Gasteiger partial charge is 0.493 e. The summed E-state index contributed by atoms with van der Waals surface area (Å²) < 4.78 is 10.6. The molecule has 0 aliphatic rings. The fourth-order valence-corrected chi connectivity index (χ4v) is 1.54. The van der Waals surface area contributed by atoms with Crippen molar-refractivity contribution in [2.24, 2.45) is 0 Å². The summed E-state index contributed by atoms with van der Waals surface area (Å²) in [6.07, 6.45) is 2.41. The fraction of sp³-hybridized carbons (Fsp3) is 0.500. The number of unbranched alkanes of at least 4 members (excludes halogenated alkanes) is 1. The Bertz CT molecular complexity index is 347. The lowest BCUT2D eigenvalue weighted by Crippen LogP contribution is -2.05. The van der Waals surface area contributed by atoms with Gasteiger partial charge in [-0.15, -0.1) is 0 Å². The first-order chi connectivity index (χ1) is 8.29. The summed E-state index contributed by atoms with van der Waals surface area (Å²) in [5.74, 6) is 0.814. The lowest BCUT2D eigenvalue weighted by molar-refractivity contribution is 0.0984. The molecule has 1 aromatic rings. The molecule has 0 N–H and O–H groups in total. The molecule has 3 heteroatoms. The van der Waals surface area contributed by atoms with Crippen molar-refractivity contribution in [3.8, 4) is 5.75 Å². The number of methoxy groups -OCH3 is 1. The Hall–Kier alpha value is -1.35. The van der Waals surface area contributed by atoms with E-state index in [2.05, 4.69) is 0 Å². The summed E-state index contributed by atoms with van der Waals surface area (Å²) in [5.41, 5.74) is 0.682. The number of Topliss-reactive ketones (excluding diaryl/α,β-unsaturated/α-hetero) is 1. The zero-order valence-corrected chi connectivity index (χ0v) is 10.6. The molecular formula is C14H20O3. The number of rotatable bonds is 8. The van der Waals surface area contributed by atoms with Crippen molar-refractivity contribution in [1.29, 1.82) is 0 Å². The van der Waals surface area contributed by atoms with Gasteiger partial charge in [0.15, 0.2) is 5.78 Å². The van der Waals surface area contributed by atoms with Crippen molar-refractivity contribution >= 4 is 5.78 Å². The Morgan fingerprint density at radius 2 is 1.88 bits per heavy atom. The van der Waals surface area contributed by atoms with Gasteiger partial charge in [-0.05, 0) is 25.0 Å². The average molecular weight is 236 g/mol. The lowest BCUT2D eigenvalue weighted by atomic mass is 10.1. The van der Waals surface area contributed by atoms with Crippen molar-refractivity contribution in [2.75, 3.05) is 20.3 Å². The summed E-state index contributed by atoms with van der Waals surface area (Å²) in [6.45, 7) is 3.23. The van der Waals surface area contributed by atoms with Crippen molar-refractivity contribution in [1.82, 2.24) is 0 Å². The van der Waals surface area contributed by atoms with Crippen LogP contribution in [0.15, 0.2) is 24.3 Å². The highest BCUT2D eigenvalue weighted by Crippen LogP contribution is 2.19. The summed E-state index contributed by atoms with van der Waals surface area (Å²) in [4.78, 5) is 11.7. The first kappa shape index (κ1) is 13.7. The molecule has 0 amide bonds. The van der Waals surface area contributed by atoms with E-state index in [9.17, 15) is 4.79 Å². The summed E-state index contributed by atoms with van der Waals surface area (Å²) >= 11 is 0. The number of carbonyl (C=O) groups excluding carboxylic acids is 1. The first-order valence-corrected chi connectivity index (χ1v) is 6.03. The molecule has 0 saturated heterocycles. The molecule has 0 unspecified atom stereocenters. The minimum absolute atomic E-state index is 0.123. The standard InChI is InChI=1S/C14H20O3/c1-3-13(15)12-8-4-5-9-14(12)17-11-7-6-10-16-2/h4-5,8-9H,3,6-7,10-11H2,1-2H3. The van der Waals surface area contributed by atoms with Crippen LogP contribution in [0.4, 0.5) is 0 Å². The van der Waals surface area contributed by atoms with E-state index < -0.39 is 0 Å². The Morgan fingerprint density at radius 1 is 1.18 bits per heavy atom. The second-order valence-electron chi connectivity index (χ2n) is 3.82. The Kier molecular flexibility index (Phi) is 6.33. The van der Waals surface area contributed by atoms with Gasteiger partial charge in [-0.1, -0.05) is 19.1 Å². The van der Waals surface area contributed by atoms with Crippen LogP contribution in [0.25, 0.3) is 0 Å². The molecular weight excluding hydrogens is 216 g/mol. The quantitative estimate of drug-likeness (QED) is 0.514. The fourth-order valence-electron chi connectivity index (χ4n) is 1.54. The molecule has 0 fully saturated rings. The molecule has 17 heavy (non-hydrogen) atoms. The van der Waals surface area contributed by atoms with E-state index >= 15 is 0 Å². The monoisotopic (exact) mass is 236 g/mol. The van der Waals surface area contributed by atoms with Gasteiger partial charge in [-0.25, -0.2) is 0 Å². The zero-order valence-electron chi connectivity index (χ0n) is 10.6. The van der Waals surface area contributed by atoms with E-state index in [4.69, 9.17) is 9.47 Å². The Balaban J connectivity index is 2.49. The van der Waals surface area contributed by atoms with Crippen LogP contribution in [0, 0.1) is 0 Å². The third kappa shape index (κ3) is 4.57. The number of ketones is 1. The van der Waals surface area contributed by atoms with Gasteiger partial charge in [0.1, 0.15) is 5.75 Å². The highest BCUT2D eigenvalue weighted by molar-refractivity contribution is 5.98. The van der Waals surface area contributed by atoms with E-state index in [0.29, 0.717) is 24.3 Å². The highest BCUT2D eigenvalue weighted by atomic mass is 16.5. The predicted octanol–water partition coefficient (Wildman–Crippen LogP) is 3.08. The van der Waals surface area contributed by atoms with E-state index in [1.54, 1.807) is 7.11 Å². The maximum Gasteiger partial charge on any atom is 0.166 e. The van der Waals surface area contributed by atoms with Crippen LogP contribution in [0.2, 0.25) is 0 Å². The summed E-state index contributed by atoms with van der Waals surface area (Å²) in [7, 11) is 1.69. The van der Waals surface area contributed by atoms with E-state index in [1.165, 1.54) is 0 Å². The number of ether oxygens (including phenoxy) is 2. The van der Waals surface area contributed by atoms with Crippen LogP contribution >= 0.6 is 0 Å². The molecule has 1 rings (SSSR count). The predicted molar refractivity (Wildman–Crippen MR) is 67.7 cm³/mol. The van der Waals surface area contributed by atoms with Crippen LogP contribution in [0.5, 0.6) is 5.75 Å².